The van der Waals surface area contributed by atoms with E-state index in [1.165, 1.54) is 182 Å². The van der Waals surface area contributed by atoms with Gasteiger partial charge in [-0.05, 0) is 122 Å². The number of benzene rings is 2. The Morgan fingerprint density at radius 2 is 0.781 bits per heavy atom. The summed E-state index contributed by atoms with van der Waals surface area (Å²) in [6, 6.07) is 27.7. The summed E-state index contributed by atoms with van der Waals surface area (Å²) in [4.78, 5) is 12.7. The van der Waals surface area contributed by atoms with Gasteiger partial charge in [-0.1, -0.05) is 193 Å². The number of allylic oxidation sites excluding steroid dienone is 2. The Morgan fingerprint density at radius 3 is 1.20 bits per heavy atom. The molecule has 1 aliphatic rings. The van der Waals surface area contributed by atoms with Gasteiger partial charge in [0.15, 0.2) is 5.82 Å². The molecule has 0 fully saturated rings. The van der Waals surface area contributed by atoms with Crippen LogP contribution in [0.25, 0.3) is 0 Å². The number of aromatic nitrogens is 2. The van der Waals surface area contributed by atoms with Crippen LogP contribution in [0.2, 0.25) is 0 Å². The zero-order valence-corrected chi connectivity index (χ0v) is 41.1. The van der Waals surface area contributed by atoms with Crippen LogP contribution in [0.5, 0.6) is 0 Å². The first-order valence-electron chi connectivity index (χ1n) is 26.4. The third kappa shape index (κ3) is 17.9. The molecular formula is C59H87N5. The van der Waals surface area contributed by atoms with Gasteiger partial charge in [0, 0.05) is 30.0 Å². The fourth-order valence-corrected chi connectivity index (χ4v) is 9.10. The van der Waals surface area contributed by atoms with E-state index in [1.54, 1.807) is 0 Å². The van der Waals surface area contributed by atoms with Gasteiger partial charge in [0.2, 0.25) is 0 Å². The van der Waals surface area contributed by atoms with Crippen LogP contribution in [0.3, 0.4) is 0 Å². The predicted molar refractivity (Wildman–Crippen MR) is 278 cm³/mol. The van der Waals surface area contributed by atoms with Crippen molar-refractivity contribution in [2.75, 3.05) is 16.5 Å². The standard InChI is InChI=1S/C59H87N5/c1-5-9-13-17-21-25-30-51-35-41-55(42-36-51)63(58-45-39-53(48-60-58)32-27-23-19-15-11-7-3)57-34-29-47-62(50-57)64(56-43-37-52(38-44-56)31-26-22-18-14-10-6-2)59-46-40-54(49-61-59)33-28-24-20-16-12-8-4/h29,34-49H,5-28,30-33,50H2,1-4H3. The van der Waals surface area contributed by atoms with Crippen molar-refractivity contribution in [1.82, 2.24) is 15.0 Å². The van der Waals surface area contributed by atoms with Crippen LogP contribution in [0.1, 0.15) is 204 Å². The summed E-state index contributed by atoms with van der Waals surface area (Å²) in [6.07, 6.45) is 46.9. The number of pyridine rings is 2. The molecule has 2 aromatic carbocycles. The first-order chi connectivity index (χ1) is 31.6. The zero-order valence-electron chi connectivity index (χ0n) is 41.1. The second kappa shape index (κ2) is 30.7. The normalized spacial score (nSPS) is 12.5. The quantitative estimate of drug-likeness (QED) is 0.0437. The first kappa shape index (κ1) is 50.6. The Labute approximate surface area is 391 Å². The Kier molecular flexibility index (Phi) is 24.3. The molecule has 348 valence electrons. The Hall–Kier alpha value is -4.38. The van der Waals surface area contributed by atoms with Crippen molar-refractivity contribution in [3.8, 4) is 0 Å². The van der Waals surface area contributed by atoms with E-state index in [4.69, 9.17) is 9.97 Å². The molecule has 5 nitrogen and oxygen atoms in total. The molecule has 2 aromatic heterocycles. The molecule has 0 atom stereocenters. The Bertz CT molecular complexity index is 1720. The van der Waals surface area contributed by atoms with Crippen molar-refractivity contribution in [2.24, 2.45) is 0 Å². The minimum absolute atomic E-state index is 0.665. The van der Waals surface area contributed by atoms with E-state index in [0.29, 0.717) is 6.54 Å². The minimum Gasteiger partial charge on any atom is -0.297 e. The monoisotopic (exact) mass is 866 g/mol. The van der Waals surface area contributed by atoms with Crippen molar-refractivity contribution in [3.63, 3.8) is 0 Å². The van der Waals surface area contributed by atoms with Gasteiger partial charge in [-0.25, -0.2) is 15.0 Å². The van der Waals surface area contributed by atoms with E-state index in [2.05, 4.69) is 146 Å². The highest BCUT2D eigenvalue weighted by atomic mass is 15.6. The fraction of sp³-hybridized carbons (Fsp3) is 0.559. The van der Waals surface area contributed by atoms with Crippen molar-refractivity contribution < 1.29 is 0 Å². The highest BCUT2D eigenvalue weighted by Crippen LogP contribution is 2.34. The van der Waals surface area contributed by atoms with E-state index < -0.39 is 0 Å². The minimum atomic E-state index is 0.665. The molecule has 0 spiro atoms. The van der Waals surface area contributed by atoms with Gasteiger partial charge >= 0.3 is 0 Å². The van der Waals surface area contributed by atoms with Gasteiger partial charge < -0.3 is 0 Å². The van der Waals surface area contributed by atoms with E-state index in [1.807, 2.05) is 0 Å². The van der Waals surface area contributed by atoms with Gasteiger partial charge in [0.1, 0.15) is 5.82 Å². The third-order valence-electron chi connectivity index (χ3n) is 13.1. The Morgan fingerprint density at radius 1 is 0.406 bits per heavy atom. The number of rotatable bonds is 34. The van der Waals surface area contributed by atoms with Crippen LogP contribution in [0.15, 0.2) is 109 Å². The highest BCUT2D eigenvalue weighted by Gasteiger charge is 2.25. The molecule has 5 heteroatoms. The van der Waals surface area contributed by atoms with Gasteiger partial charge in [-0.2, -0.15) is 0 Å². The lowest BCUT2D eigenvalue weighted by Gasteiger charge is -2.39. The van der Waals surface area contributed by atoms with Gasteiger partial charge in [0.05, 0.1) is 12.2 Å². The number of nitrogens with zero attached hydrogens (tertiary/aromatic N) is 5. The molecular weight excluding hydrogens is 779 g/mol. The predicted octanol–water partition coefficient (Wildman–Crippen LogP) is 17.7. The third-order valence-corrected chi connectivity index (χ3v) is 13.1. The summed E-state index contributed by atoms with van der Waals surface area (Å²) in [6.45, 7) is 9.83. The molecule has 3 heterocycles. The lowest BCUT2D eigenvalue weighted by molar-refractivity contribution is 0.404. The van der Waals surface area contributed by atoms with Gasteiger partial charge in [-0.3, -0.25) is 9.91 Å². The summed E-state index contributed by atoms with van der Waals surface area (Å²) in [7, 11) is 0. The number of aryl methyl sites for hydroxylation is 4. The second-order valence-electron chi connectivity index (χ2n) is 18.7. The van der Waals surface area contributed by atoms with Crippen LogP contribution in [-0.4, -0.2) is 21.5 Å². The molecule has 64 heavy (non-hydrogen) atoms. The maximum absolute atomic E-state index is 5.18. The number of unbranched alkanes of at least 4 members (excludes halogenated alkanes) is 20. The van der Waals surface area contributed by atoms with E-state index in [0.717, 1.165) is 48.7 Å². The molecule has 5 rings (SSSR count). The molecule has 0 saturated heterocycles. The molecule has 0 aliphatic carbocycles. The average Bonchev–Trinajstić information content (AvgIpc) is 3.33. The maximum Gasteiger partial charge on any atom is 0.151 e. The smallest absolute Gasteiger partial charge is 0.151 e. The summed E-state index contributed by atoms with van der Waals surface area (Å²) in [5.41, 5.74) is 8.91. The van der Waals surface area contributed by atoms with Crippen molar-refractivity contribution >= 4 is 23.0 Å². The summed E-state index contributed by atoms with van der Waals surface area (Å²) < 4.78 is 0. The maximum atomic E-state index is 5.18. The molecule has 0 unspecified atom stereocenters. The number of hydrazine groups is 1. The van der Waals surface area contributed by atoms with Crippen LogP contribution in [-0.2, 0) is 25.7 Å². The number of hydrogen-bond donors (Lipinski definition) is 0. The number of hydrogen-bond acceptors (Lipinski definition) is 5. The van der Waals surface area contributed by atoms with E-state index in [-0.39, 0.29) is 0 Å². The first-order valence-corrected chi connectivity index (χ1v) is 26.4. The van der Waals surface area contributed by atoms with Crippen LogP contribution in [0, 0.1) is 0 Å². The summed E-state index contributed by atoms with van der Waals surface area (Å²) >= 11 is 0. The van der Waals surface area contributed by atoms with E-state index in [9.17, 15) is 0 Å². The average molecular weight is 866 g/mol. The summed E-state index contributed by atoms with van der Waals surface area (Å²) in [5.74, 6) is 1.89. The molecule has 4 aromatic rings. The molecule has 0 amide bonds. The molecule has 0 radical (unpaired) electrons. The van der Waals surface area contributed by atoms with Crippen LogP contribution in [0.4, 0.5) is 23.0 Å². The van der Waals surface area contributed by atoms with Crippen molar-refractivity contribution in [2.45, 2.75) is 207 Å². The zero-order chi connectivity index (χ0) is 44.9. The topological polar surface area (TPSA) is 35.5 Å². The van der Waals surface area contributed by atoms with Crippen molar-refractivity contribution in [1.29, 1.82) is 0 Å². The second-order valence-corrected chi connectivity index (χ2v) is 18.7. The number of anilines is 4. The lowest BCUT2D eigenvalue weighted by Crippen LogP contribution is -2.40. The largest absolute Gasteiger partial charge is 0.297 e. The van der Waals surface area contributed by atoms with Gasteiger partial charge in [-0.15, -0.1) is 0 Å². The lowest BCUT2D eigenvalue weighted by atomic mass is 10.0. The molecule has 0 bridgehead atoms. The fourth-order valence-electron chi connectivity index (χ4n) is 9.10. The molecule has 0 saturated carbocycles. The highest BCUT2D eigenvalue weighted by molar-refractivity contribution is 5.67. The Balaban J connectivity index is 1.37. The van der Waals surface area contributed by atoms with E-state index >= 15 is 0 Å². The van der Waals surface area contributed by atoms with Gasteiger partial charge in [0.25, 0.3) is 0 Å². The molecule has 1 aliphatic heterocycles. The van der Waals surface area contributed by atoms with Crippen molar-refractivity contribution in [3.05, 3.63) is 131 Å². The van der Waals surface area contributed by atoms with Crippen LogP contribution >= 0.6 is 0 Å². The molecule has 0 N–H and O–H groups in total. The van der Waals surface area contributed by atoms with Crippen LogP contribution < -0.4 is 9.91 Å². The SMILES string of the molecule is CCCCCCCCc1ccc(N(C2=CC=CN(N(c3ccc(CCCCCCCC)cc3)c3ccc(CCCCCCCC)cn3)C2)c2ccc(CCCCCCCC)cn2)cc1. The summed E-state index contributed by atoms with van der Waals surface area (Å²) in [5, 5.41) is 4.64.